The highest BCUT2D eigenvalue weighted by atomic mass is 35.5. The number of carbonyl (C=O) groups excluding carboxylic acids is 1. The molecule has 3 rings (SSSR count). The molecule has 1 amide bonds. The van der Waals surface area contributed by atoms with Gasteiger partial charge in [-0.25, -0.2) is 8.42 Å². The number of nitrogens with zero attached hydrogens (tertiary/aromatic N) is 2. The van der Waals surface area contributed by atoms with Gasteiger partial charge >= 0.3 is 0 Å². The van der Waals surface area contributed by atoms with Crippen LogP contribution in [0.25, 0.3) is 0 Å². The maximum absolute atomic E-state index is 13.0. The van der Waals surface area contributed by atoms with Crippen LogP contribution < -0.4 is 10.6 Å². The van der Waals surface area contributed by atoms with E-state index in [0.29, 0.717) is 19.4 Å². The molecule has 150 valence electrons. The van der Waals surface area contributed by atoms with Crippen molar-refractivity contribution in [3.8, 4) is 0 Å². The van der Waals surface area contributed by atoms with Crippen molar-refractivity contribution in [1.82, 2.24) is 14.9 Å². The van der Waals surface area contributed by atoms with Crippen molar-refractivity contribution in [2.45, 2.75) is 42.7 Å². The van der Waals surface area contributed by atoms with Gasteiger partial charge in [0.2, 0.25) is 15.9 Å². The summed E-state index contributed by atoms with van der Waals surface area (Å²) in [7, 11) is -3.90. The van der Waals surface area contributed by atoms with Crippen LogP contribution in [0.2, 0.25) is 0 Å². The Bertz CT molecular complexity index is 781. The van der Waals surface area contributed by atoms with Crippen LogP contribution in [0.4, 0.5) is 5.69 Å². The van der Waals surface area contributed by atoms with Gasteiger partial charge in [-0.05, 0) is 37.9 Å². The number of halogens is 1. The zero-order chi connectivity index (χ0) is 18.7. The van der Waals surface area contributed by atoms with Crippen LogP contribution in [0.5, 0.6) is 0 Å². The number of nitro groups is 1. The molecule has 2 fully saturated rings. The van der Waals surface area contributed by atoms with Crippen LogP contribution in [0.1, 0.15) is 25.7 Å². The molecule has 0 aliphatic carbocycles. The summed E-state index contributed by atoms with van der Waals surface area (Å²) >= 11 is 0. The zero-order valence-electron chi connectivity index (χ0n) is 14.7. The van der Waals surface area contributed by atoms with Gasteiger partial charge in [-0.2, -0.15) is 4.31 Å². The third kappa shape index (κ3) is 4.75. The van der Waals surface area contributed by atoms with Gasteiger partial charge in [-0.15, -0.1) is 12.4 Å². The lowest BCUT2D eigenvalue weighted by Gasteiger charge is -2.34. The van der Waals surface area contributed by atoms with Crippen molar-refractivity contribution in [3.63, 3.8) is 0 Å². The van der Waals surface area contributed by atoms with E-state index in [1.807, 2.05) is 0 Å². The van der Waals surface area contributed by atoms with E-state index >= 15 is 0 Å². The third-order valence-corrected chi connectivity index (χ3v) is 6.74. The lowest BCUT2D eigenvalue weighted by atomic mass is 10.0. The molecule has 2 N–H and O–H groups in total. The largest absolute Gasteiger partial charge is 0.351 e. The SMILES string of the molecule is Cl.O=C(NC1CCNC1)C1CCCCN1S(=O)(=O)c1ccc([N+](=O)[O-])cc1. The average Bonchev–Trinajstić information content (AvgIpc) is 3.14. The second-order valence-corrected chi connectivity index (χ2v) is 8.47. The van der Waals surface area contributed by atoms with Crippen LogP contribution in [-0.2, 0) is 14.8 Å². The zero-order valence-corrected chi connectivity index (χ0v) is 16.3. The number of amides is 1. The Morgan fingerprint density at radius 1 is 1.22 bits per heavy atom. The molecule has 11 heteroatoms. The van der Waals surface area contributed by atoms with E-state index in [4.69, 9.17) is 0 Å². The van der Waals surface area contributed by atoms with E-state index < -0.39 is 21.0 Å². The van der Waals surface area contributed by atoms with E-state index in [-0.39, 0.29) is 41.5 Å². The Kier molecular flexibility index (Phi) is 7.15. The quantitative estimate of drug-likeness (QED) is 0.544. The number of rotatable bonds is 5. The molecule has 1 aromatic rings. The van der Waals surface area contributed by atoms with Gasteiger partial charge < -0.3 is 10.6 Å². The maximum Gasteiger partial charge on any atom is 0.269 e. The first kappa shape index (κ1) is 21.5. The second kappa shape index (κ2) is 8.96. The number of benzene rings is 1. The molecular formula is C16H23ClN4O5S. The molecule has 2 unspecified atom stereocenters. The van der Waals surface area contributed by atoms with Crippen LogP contribution in [0.3, 0.4) is 0 Å². The Morgan fingerprint density at radius 2 is 1.93 bits per heavy atom. The van der Waals surface area contributed by atoms with Gasteiger partial charge in [-0.1, -0.05) is 6.42 Å². The van der Waals surface area contributed by atoms with E-state index in [2.05, 4.69) is 10.6 Å². The summed E-state index contributed by atoms with van der Waals surface area (Å²) in [6.45, 7) is 1.79. The van der Waals surface area contributed by atoms with Crippen LogP contribution in [-0.4, -0.2) is 55.3 Å². The average molecular weight is 419 g/mol. The fraction of sp³-hybridized carbons (Fsp3) is 0.562. The van der Waals surface area contributed by atoms with Gasteiger partial charge in [0, 0.05) is 31.3 Å². The fourth-order valence-electron chi connectivity index (χ4n) is 3.41. The highest BCUT2D eigenvalue weighted by Gasteiger charge is 2.38. The molecule has 1 aromatic carbocycles. The van der Waals surface area contributed by atoms with Gasteiger partial charge in [0.25, 0.3) is 5.69 Å². The fourth-order valence-corrected chi connectivity index (χ4v) is 5.06. The maximum atomic E-state index is 13.0. The predicted molar refractivity (Wildman–Crippen MR) is 101 cm³/mol. The summed E-state index contributed by atoms with van der Waals surface area (Å²) in [5.41, 5.74) is -0.175. The van der Waals surface area contributed by atoms with Crippen molar-refractivity contribution in [3.05, 3.63) is 34.4 Å². The molecule has 0 bridgehead atoms. The lowest BCUT2D eigenvalue weighted by molar-refractivity contribution is -0.384. The predicted octanol–water partition coefficient (Wildman–Crippen LogP) is 1.04. The highest BCUT2D eigenvalue weighted by molar-refractivity contribution is 7.89. The van der Waals surface area contributed by atoms with E-state index in [1.54, 1.807) is 0 Å². The van der Waals surface area contributed by atoms with E-state index in [1.165, 1.54) is 16.4 Å². The highest BCUT2D eigenvalue weighted by Crippen LogP contribution is 2.27. The van der Waals surface area contributed by atoms with Gasteiger partial charge in [0.15, 0.2) is 0 Å². The monoisotopic (exact) mass is 418 g/mol. The van der Waals surface area contributed by atoms with Crippen molar-refractivity contribution >= 4 is 34.0 Å². The number of hydrogen-bond donors (Lipinski definition) is 2. The van der Waals surface area contributed by atoms with Crippen molar-refractivity contribution in [2.75, 3.05) is 19.6 Å². The van der Waals surface area contributed by atoms with Crippen molar-refractivity contribution in [2.24, 2.45) is 0 Å². The minimum absolute atomic E-state index is 0. The van der Waals surface area contributed by atoms with Gasteiger partial charge in [0.05, 0.1) is 9.82 Å². The Hall–Kier alpha value is -1.75. The molecule has 0 aromatic heterocycles. The summed E-state index contributed by atoms with van der Waals surface area (Å²) in [6, 6.07) is 4.04. The van der Waals surface area contributed by atoms with Crippen molar-refractivity contribution < 1.29 is 18.1 Å². The number of piperidine rings is 1. The van der Waals surface area contributed by atoms with E-state index in [0.717, 1.165) is 31.5 Å². The normalized spacial score (nSPS) is 23.4. The summed E-state index contributed by atoms with van der Waals surface area (Å²) in [5.74, 6) is -0.274. The molecule has 9 nitrogen and oxygen atoms in total. The standard InChI is InChI=1S/C16H22N4O5S.ClH/c21-16(18-12-8-9-17-11-12)15-3-1-2-10-19(15)26(24,25)14-6-4-13(5-7-14)20(22)23;/h4-7,12,15,17H,1-3,8-11H2,(H,18,21);1H. The minimum Gasteiger partial charge on any atom is -0.351 e. The Morgan fingerprint density at radius 3 is 2.52 bits per heavy atom. The summed E-state index contributed by atoms with van der Waals surface area (Å²) in [5, 5.41) is 16.8. The summed E-state index contributed by atoms with van der Waals surface area (Å²) in [6.07, 6.45) is 2.76. The summed E-state index contributed by atoms with van der Waals surface area (Å²) < 4.78 is 27.2. The van der Waals surface area contributed by atoms with Crippen LogP contribution >= 0.6 is 12.4 Å². The lowest BCUT2D eigenvalue weighted by Crippen LogP contribution is -2.53. The first-order valence-corrected chi connectivity index (χ1v) is 10.1. The van der Waals surface area contributed by atoms with Crippen molar-refractivity contribution in [1.29, 1.82) is 0 Å². The molecule has 2 aliphatic heterocycles. The van der Waals surface area contributed by atoms with E-state index in [9.17, 15) is 23.3 Å². The van der Waals surface area contributed by atoms with Crippen LogP contribution in [0.15, 0.2) is 29.2 Å². The molecule has 0 saturated carbocycles. The van der Waals surface area contributed by atoms with Gasteiger partial charge in [-0.3, -0.25) is 14.9 Å². The molecule has 27 heavy (non-hydrogen) atoms. The number of carbonyl (C=O) groups is 1. The molecule has 2 heterocycles. The molecule has 0 spiro atoms. The Balaban J connectivity index is 0.00000261. The first-order chi connectivity index (χ1) is 12.4. The molecule has 2 aliphatic rings. The number of hydrogen-bond acceptors (Lipinski definition) is 6. The second-order valence-electron chi connectivity index (χ2n) is 6.58. The number of sulfonamides is 1. The number of nitrogens with one attached hydrogen (secondary N) is 2. The molecule has 2 saturated heterocycles. The summed E-state index contributed by atoms with van der Waals surface area (Å²) in [4.78, 5) is 22.8. The topological polar surface area (TPSA) is 122 Å². The molecular weight excluding hydrogens is 396 g/mol. The molecule has 0 radical (unpaired) electrons. The van der Waals surface area contributed by atoms with Crippen LogP contribution in [0, 0.1) is 10.1 Å². The number of non-ortho nitro benzene ring substituents is 1. The molecule has 2 atom stereocenters. The first-order valence-electron chi connectivity index (χ1n) is 8.67. The van der Waals surface area contributed by atoms with Gasteiger partial charge in [0.1, 0.15) is 6.04 Å². The Labute approximate surface area is 164 Å². The minimum atomic E-state index is -3.90. The smallest absolute Gasteiger partial charge is 0.269 e. The number of nitro benzene ring substituents is 1. The third-order valence-electron chi connectivity index (χ3n) is 4.82.